The number of methoxy groups -OCH3 is 1. The van der Waals surface area contributed by atoms with Crippen LogP contribution in [0, 0.1) is 5.41 Å². The van der Waals surface area contributed by atoms with E-state index < -0.39 is 0 Å². The number of hydrogen-bond acceptors (Lipinski definition) is 3. The van der Waals surface area contributed by atoms with Crippen LogP contribution in [0.25, 0.3) is 0 Å². The van der Waals surface area contributed by atoms with E-state index in [0.29, 0.717) is 11.3 Å². The highest BCUT2D eigenvalue weighted by atomic mass is 16.5. The first-order valence-corrected chi connectivity index (χ1v) is 8.19. The molecular weight excluding hydrogens is 276 g/mol. The van der Waals surface area contributed by atoms with E-state index in [0.717, 1.165) is 31.2 Å². The first-order chi connectivity index (χ1) is 10.7. The van der Waals surface area contributed by atoms with E-state index in [2.05, 4.69) is 20.2 Å². The fraction of sp³-hybridized carbons (Fsp3) is 0.647. The van der Waals surface area contributed by atoms with Gasteiger partial charge in [-0.3, -0.25) is 4.99 Å². The molecule has 1 aromatic rings. The molecule has 1 saturated heterocycles. The van der Waals surface area contributed by atoms with Crippen LogP contribution in [-0.2, 0) is 6.54 Å². The van der Waals surface area contributed by atoms with Gasteiger partial charge in [-0.25, -0.2) is 4.98 Å². The molecule has 5 heteroatoms. The maximum Gasteiger partial charge on any atom is 0.212 e. The number of aliphatic imine (C=N–C) groups is 1. The fourth-order valence-corrected chi connectivity index (χ4v) is 3.80. The average molecular weight is 302 g/mol. The Morgan fingerprint density at radius 1 is 1.36 bits per heavy atom. The Balaban J connectivity index is 1.56. The Kier molecular flexibility index (Phi) is 4.50. The van der Waals surface area contributed by atoms with Crippen LogP contribution in [0.15, 0.2) is 23.3 Å². The summed E-state index contributed by atoms with van der Waals surface area (Å²) in [5, 5.41) is 3.47. The van der Waals surface area contributed by atoms with Crippen molar-refractivity contribution in [3.05, 3.63) is 23.9 Å². The van der Waals surface area contributed by atoms with Gasteiger partial charge in [0.2, 0.25) is 5.88 Å². The molecule has 2 fully saturated rings. The molecule has 1 N–H and O–H groups in total. The van der Waals surface area contributed by atoms with E-state index in [1.807, 2.05) is 25.4 Å². The monoisotopic (exact) mass is 302 g/mol. The second-order valence-corrected chi connectivity index (χ2v) is 6.49. The SMILES string of the molecule is CN=C(NCc1ccc(OC)nc1)N1CCC2(CCCC2)C1. The standard InChI is InChI=1S/C17H26N4O/c1-18-16(20-12-14-5-6-15(22-2)19-11-14)21-10-9-17(13-21)7-3-4-8-17/h5-6,11H,3-4,7-10,12-13H2,1-2H3,(H,18,20). The zero-order chi connectivity index (χ0) is 15.4. The van der Waals surface area contributed by atoms with Crippen LogP contribution in [0.3, 0.4) is 0 Å². The van der Waals surface area contributed by atoms with E-state index >= 15 is 0 Å². The summed E-state index contributed by atoms with van der Waals surface area (Å²) in [6.45, 7) is 3.03. The molecule has 1 aliphatic carbocycles. The molecule has 1 spiro atoms. The quantitative estimate of drug-likeness (QED) is 0.688. The molecule has 0 unspecified atom stereocenters. The van der Waals surface area contributed by atoms with E-state index in [-0.39, 0.29) is 0 Å². The van der Waals surface area contributed by atoms with Crippen molar-refractivity contribution in [2.24, 2.45) is 10.4 Å². The van der Waals surface area contributed by atoms with Crippen LogP contribution in [0.4, 0.5) is 0 Å². The van der Waals surface area contributed by atoms with Gasteiger partial charge in [0.15, 0.2) is 5.96 Å². The number of pyridine rings is 1. The van der Waals surface area contributed by atoms with Crippen LogP contribution < -0.4 is 10.1 Å². The van der Waals surface area contributed by atoms with Gasteiger partial charge >= 0.3 is 0 Å². The molecular formula is C17H26N4O. The van der Waals surface area contributed by atoms with Gasteiger partial charge in [-0.15, -0.1) is 0 Å². The third-order valence-corrected chi connectivity index (χ3v) is 5.07. The smallest absolute Gasteiger partial charge is 0.212 e. The van der Waals surface area contributed by atoms with Gasteiger partial charge in [0.05, 0.1) is 7.11 Å². The number of rotatable bonds is 3. The van der Waals surface area contributed by atoms with E-state index in [9.17, 15) is 0 Å². The van der Waals surface area contributed by atoms with Crippen molar-refractivity contribution in [1.29, 1.82) is 0 Å². The van der Waals surface area contributed by atoms with E-state index in [1.165, 1.54) is 32.1 Å². The molecule has 0 bridgehead atoms. The van der Waals surface area contributed by atoms with Crippen LogP contribution in [0.1, 0.15) is 37.7 Å². The summed E-state index contributed by atoms with van der Waals surface area (Å²) >= 11 is 0. The number of nitrogens with one attached hydrogen (secondary N) is 1. The maximum atomic E-state index is 5.09. The maximum absolute atomic E-state index is 5.09. The van der Waals surface area contributed by atoms with Crippen LogP contribution in [0.5, 0.6) is 5.88 Å². The normalized spacial score (nSPS) is 20.6. The molecule has 0 radical (unpaired) electrons. The third kappa shape index (κ3) is 3.18. The zero-order valence-electron chi connectivity index (χ0n) is 13.6. The minimum absolute atomic E-state index is 0.569. The van der Waals surface area contributed by atoms with Crippen molar-refractivity contribution in [3.8, 4) is 5.88 Å². The fourth-order valence-electron chi connectivity index (χ4n) is 3.80. The average Bonchev–Trinajstić information content (AvgIpc) is 3.19. The van der Waals surface area contributed by atoms with Gasteiger partial charge in [-0.05, 0) is 30.2 Å². The highest BCUT2D eigenvalue weighted by Gasteiger charge is 2.40. The minimum Gasteiger partial charge on any atom is -0.481 e. The first kappa shape index (κ1) is 15.1. The minimum atomic E-state index is 0.569. The van der Waals surface area contributed by atoms with Gasteiger partial charge < -0.3 is 15.0 Å². The number of hydrogen-bond donors (Lipinski definition) is 1. The van der Waals surface area contributed by atoms with Crippen molar-refractivity contribution in [2.45, 2.75) is 38.6 Å². The molecule has 120 valence electrons. The number of nitrogens with zero attached hydrogens (tertiary/aromatic N) is 3. The predicted octanol–water partition coefficient (Wildman–Crippen LogP) is 2.43. The first-order valence-electron chi connectivity index (χ1n) is 8.19. The van der Waals surface area contributed by atoms with E-state index in [1.54, 1.807) is 7.11 Å². The van der Waals surface area contributed by atoms with Crippen molar-refractivity contribution in [1.82, 2.24) is 15.2 Å². The molecule has 5 nitrogen and oxygen atoms in total. The Labute approximate surface area is 132 Å². The van der Waals surface area contributed by atoms with Crippen molar-refractivity contribution < 1.29 is 4.74 Å². The Hall–Kier alpha value is -1.78. The lowest BCUT2D eigenvalue weighted by Gasteiger charge is -2.25. The van der Waals surface area contributed by atoms with Crippen molar-refractivity contribution in [3.63, 3.8) is 0 Å². The third-order valence-electron chi connectivity index (χ3n) is 5.07. The summed E-state index contributed by atoms with van der Waals surface area (Å²) in [4.78, 5) is 11.1. The number of aromatic nitrogens is 1. The van der Waals surface area contributed by atoms with Gasteiger partial charge in [0.25, 0.3) is 0 Å². The van der Waals surface area contributed by atoms with E-state index in [4.69, 9.17) is 4.74 Å². The van der Waals surface area contributed by atoms with Crippen molar-refractivity contribution in [2.75, 3.05) is 27.2 Å². The van der Waals surface area contributed by atoms with Gasteiger partial charge in [-0.1, -0.05) is 18.9 Å². The lowest BCUT2D eigenvalue weighted by atomic mass is 9.86. The lowest BCUT2D eigenvalue weighted by Crippen LogP contribution is -2.40. The summed E-state index contributed by atoms with van der Waals surface area (Å²) in [6, 6.07) is 3.93. The lowest BCUT2D eigenvalue weighted by molar-refractivity contribution is 0.309. The molecule has 22 heavy (non-hydrogen) atoms. The van der Waals surface area contributed by atoms with Crippen LogP contribution in [-0.4, -0.2) is 43.1 Å². The topological polar surface area (TPSA) is 49.8 Å². The van der Waals surface area contributed by atoms with Gasteiger partial charge in [-0.2, -0.15) is 0 Å². The summed E-state index contributed by atoms with van der Waals surface area (Å²) in [5.74, 6) is 1.66. The summed E-state index contributed by atoms with van der Waals surface area (Å²) in [5.41, 5.74) is 1.70. The summed E-state index contributed by atoms with van der Waals surface area (Å²) in [7, 11) is 3.50. The molecule has 0 aromatic carbocycles. The molecule has 1 saturated carbocycles. The van der Waals surface area contributed by atoms with Gasteiger partial charge in [0, 0.05) is 38.9 Å². The van der Waals surface area contributed by atoms with Crippen LogP contribution in [0.2, 0.25) is 0 Å². The Morgan fingerprint density at radius 3 is 2.82 bits per heavy atom. The molecule has 3 rings (SSSR count). The Bertz CT molecular complexity index is 520. The van der Waals surface area contributed by atoms with Gasteiger partial charge in [0.1, 0.15) is 0 Å². The largest absolute Gasteiger partial charge is 0.481 e. The number of likely N-dealkylation sites (tertiary alicyclic amines) is 1. The van der Waals surface area contributed by atoms with Crippen LogP contribution >= 0.6 is 0 Å². The molecule has 1 aromatic heterocycles. The van der Waals surface area contributed by atoms with Crippen molar-refractivity contribution >= 4 is 5.96 Å². The highest BCUT2D eigenvalue weighted by Crippen LogP contribution is 2.45. The summed E-state index contributed by atoms with van der Waals surface area (Å²) in [6.07, 6.45) is 8.75. The number of guanidine groups is 1. The predicted molar refractivity (Wildman–Crippen MR) is 88.1 cm³/mol. The molecule has 2 heterocycles. The zero-order valence-corrected chi connectivity index (χ0v) is 13.6. The Morgan fingerprint density at radius 2 is 2.18 bits per heavy atom. The summed E-state index contributed by atoms with van der Waals surface area (Å²) < 4.78 is 5.09. The number of ether oxygens (including phenoxy) is 1. The second kappa shape index (κ2) is 6.55. The molecule has 0 amide bonds. The molecule has 1 aliphatic heterocycles. The molecule has 2 aliphatic rings. The molecule has 0 atom stereocenters. The second-order valence-electron chi connectivity index (χ2n) is 6.49. The highest BCUT2D eigenvalue weighted by molar-refractivity contribution is 5.80.